The molecule has 1 unspecified atom stereocenters. The zero-order valence-corrected chi connectivity index (χ0v) is 11.5. The number of aliphatic hydroxyl groups is 1. The Hall–Kier alpha value is -1.66. The summed E-state index contributed by atoms with van der Waals surface area (Å²) in [4.78, 5) is 12.1. The maximum atomic E-state index is 12.1. The number of fused-ring (bicyclic) bond motifs is 1. The van der Waals surface area contributed by atoms with Crippen LogP contribution >= 0.6 is 0 Å². The van der Waals surface area contributed by atoms with E-state index in [0.717, 1.165) is 0 Å². The second-order valence-electron chi connectivity index (χ2n) is 5.70. The number of hydrogen-bond acceptors (Lipinski definition) is 4. The molecule has 0 aliphatic heterocycles. The van der Waals surface area contributed by atoms with Gasteiger partial charge in [-0.2, -0.15) is 5.10 Å². The minimum Gasteiger partial charge on any atom is -0.390 e. The van der Waals surface area contributed by atoms with Gasteiger partial charge in [0.2, 0.25) is 0 Å². The van der Waals surface area contributed by atoms with E-state index < -0.39 is 6.10 Å². The largest absolute Gasteiger partial charge is 0.390 e. The lowest BCUT2D eigenvalue weighted by Crippen LogP contribution is -2.42. The lowest BCUT2D eigenvalue weighted by molar-refractivity contribution is 0.141. The first kappa shape index (κ1) is 13.8. The van der Waals surface area contributed by atoms with Crippen LogP contribution in [0.4, 0.5) is 0 Å². The van der Waals surface area contributed by atoms with Crippen molar-refractivity contribution in [3.63, 3.8) is 0 Å². The van der Waals surface area contributed by atoms with Crippen LogP contribution in [0.2, 0.25) is 0 Å². The Labute approximate surface area is 111 Å². The minimum absolute atomic E-state index is 0.0542. The molecule has 0 bridgehead atoms. The van der Waals surface area contributed by atoms with Crippen molar-refractivity contribution in [1.82, 2.24) is 19.5 Å². The monoisotopic (exact) mass is 264 g/mol. The first-order valence-corrected chi connectivity index (χ1v) is 6.33. The predicted molar refractivity (Wildman–Crippen MR) is 73.2 cm³/mol. The molecular weight excluding hydrogens is 244 g/mol. The quantitative estimate of drug-likeness (QED) is 0.830. The molecule has 2 aromatic heterocycles. The van der Waals surface area contributed by atoms with Crippen molar-refractivity contribution in [2.45, 2.75) is 39.0 Å². The molecule has 6 heteroatoms. The van der Waals surface area contributed by atoms with Crippen LogP contribution in [0.15, 0.2) is 29.5 Å². The molecule has 2 aromatic rings. The molecule has 0 aliphatic rings. The average molecular weight is 264 g/mol. The van der Waals surface area contributed by atoms with Crippen LogP contribution in [0, 0.1) is 0 Å². The first-order chi connectivity index (χ1) is 8.87. The second-order valence-corrected chi connectivity index (χ2v) is 5.70. The Morgan fingerprint density at radius 2 is 2.16 bits per heavy atom. The zero-order chi connectivity index (χ0) is 14.0. The van der Waals surface area contributed by atoms with Gasteiger partial charge in [-0.3, -0.25) is 4.79 Å². The smallest absolute Gasteiger partial charge is 0.276 e. The molecule has 0 fully saturated rings. The van der Waals surface area contributed by atoms with Gasteiger partial charge in [-0.05, 0) is 26.8 Å². The van der Waals surface area contributed by atoms with Crippen LogP contribution in [0.1, 0.15) is 20.8 Å². The molecule has 0 saturated carbocycles. The number of nitrogens with one attached hydrogen (secondary N) is 1. The molecule has 2 rings (SSSR count). The topological polar surface area (TPSA) is 71.6 Å². The van der Waals surface area contributed by atoms with Gasteiger partial charge in [0, 0.05) is 24.5 Å². The number of nitrogens with zero attached hydrogens (tertiary/aromatic N) is 3. The van der Waals surface area contributed by atoms with Crippen molar-refractivity contribution < 1.29 is 5.11 Å². The molecule has 0 spiro atoms. The number of β-amino-alcohol motifs (C(OH)–C–C–N with tert-alkyl or cyclic N) is 1. The van der Waals surface area contributed by atoms with Crippen LogP contribution in [-0.4, -0.2) is 37.5 Å². The van der Waals surface area contributed by atoms with Crippen LogP contribution in [0.3, 0.4) is 0 Å². The van der Waals surface area contributed by atoms with E-state index in [1.807, 2.05) is 20.8 Å². The van der Waals surface area contributed by atoms with Crippen molar-refractivity contribution in [3.8, 4) is 0 Å². The molecule has 0 radical (unpaired) electrons. The Morgan fingerprint density at radius 3 is 2.84 bits per heavy atom. The summed E-state index contributed by atoms with van der Waals surface area (Å²) >= 11 is 0. The van der Waals surface area contributed by atoms with Crippen LogP contribution in [0.25, 0.3) is 5.52 Å². The molecule has 0 aromatic carbocycles. The maximum absolute atomic E-state index is 12.1. The molecule has 19 heavy (non-hydrogen) atoms. The summed E-state index contributed by atoms with van der Waals surface area (Å²) in [6.45, 7) is 6.81. The van der Waals surface area contributed by atoms with E-state index in [4.69, 9.17) is 0 Å². The predicted octanol–water partition coefficient (Wildman–Crippen LogP) is 0.245. The third-order valence-electron chi connectivity index (χ3n) is 2.81. The highest BCUT2D eigenvalue weighted by Crippen LogP contribution is 2.00. The molecule has 0 saturated heterocycles. The van der Waals surface area contributed by atoms with Crippen LogP contribution in [0.5, 0.6) is 0 Å². The lowest BCUT2D eigenvalue weighted by atomic mass is 10.1. The summed E-state index contributed by atoms with van der Waals surface area (Å²) in [5, 5.41) is 17.2. The van der Waals surface area contributed by atoms with E-state index in [0.29, 0.717) is 12.1 Å². The van der Waals surface area contributed by atoms with E-state index in [-0.39, 0.29) is 17.6 Å². The molecule has 0 amide bonds. The second kappa shape index (κ2) is 5.14. The van der Waals surface area contributed by atoms with E-state index in [9.17, 15) is 9.90 Å². The summed E-state index contributed by atoms with van der Waals surface area (Å²) in [6.07, 6.45) is 4.32. The fourth-order valence-electron chi connectivity index (χ4n) is 1.82. The molecule has 0 aliphatic carbocycles. The summed E-state index contributed by atoms with van der Waals surface area (Å²) in [6, 6.07) is 1.67. The SMILES string of the molecule is CC(C)(C)NCC(O)Cn1ccn2nccc2c1=O. The van der Waals surface area contributed by atoms with Gasteiger partial charge in [-0.1, -0.05) is 0 Å². The Morgan fingerprint density at radius 1 is 1.42 bits per heavy atom. The molecule has 6 nitrogen and oxygen atoms in total. The summed E-state index contributed by atoms with van der Waals surface area (Å²) < 4.78 is 3.03. The first-order valence-electron chi connectivity index (χ1n) is 6.33. The van der Waals surface area contributed by atoms with Gasteiger partial charge in [0.25, 0.3) is 5.56 Å². The molecular formula is C13H20N4O2. The van der Waals surface area contributed by atoms with Gasteiger partial charge < -0.3 is 15.0 Å². The van der Waals surface area contributed by atoms with Crippen molar-refractivity contribution in [2.24, 2.45) is 0 Å². The average Bonchev–Trinajstić information content (AvgIpc) is 2.78. The Kier molecular flexibility index (Phi) is 3.73. The van der Waals surface area contributed by atoms with Gasteiger partial charge in [0.15, 0.2) is 0 Å². The van der Waals surface area contributed by atoms with Gasteiger partial charge in [0.05, 0.1) is 18.8 Å². The Balaban J connectivity index is 2.09. The number of rotatable bonds is 4. The lowest BCUT2D eigenvalue weighted by Gasteiger charge is -2.23. The van der Waals surface area contributed by atoms with E-state index in [2.05, 4.69) is 10.4 Å². The van der Waals surface area contributed by atoms with E-state index >= 15 is 0 Å². The molecule has 2 heterocycles. The zero-order valence-electron chi connectivity index (χ0n) is 11.5. The highest BCUT2D eigenvalue weighted by Gasteiger charge is 2.13. The van der Waals surface area contributed by atoms with E-state index in [1.165, 1.54) is 9.08 Å². The van der Waals surface area contributed by atoms with Crippen molar-refractivity contribution >= 4 is 5.52 Å². The highest BCUT2D eigenvalue weighted by molar-refractivity contribution is 5.42. The standard InChI is InChI=1S/C13H20N4O2/c1-13(2,3)14-8-10(18)9-16-6-7-17-11(12(16)19)4-5-15-17/h4-7,10,14,18H,8-9H2,1-3H3. The number of hydrogen-bond donors (Lipinski definition) is 2. The third-order valence-corrected chi connectivity index (χ3v) is 2.81. The van der Waals surface area contributed by atoms with Crippen molar-refractivity contribution in [3.05, 3.63) is 35.0 Å². The molecule has 2 N–H and O–H groups in total. The van der Waals surface area contributed by atoms with Gasteiger partial charge in [0.1, 0.15) is 5.52 Å². The molecule has 104 valence electrons. The number of aliphatic hydroxyl groups excluding tert-OH is 1. The summed E-state index contributed by atoms with van der Waals surface area (Å²) in [7, 11) is 0. The van der Waals surface area contributed by atoms with Gasteiger partial charge in [-0.25, -0.2) is 4.52 Å². The fourth-order valence-corrected chi connectivity index (χ4v) is 1.82. The fraction of sp³-hybridized carbons (Fsp3) is 0.538. The van der Waals surface area contributed by atoms with Gasteiger partial charge >= 0.3 is 0 Å². The molecule has 1 atom stereocenters. The van der Waals surface area contributed by atoms with Crippen LogP contribution in [-0.2, 0) is 6.54 Å². The highest BCUT2D eigenvalue weighted by atomic mass is 16.3. The van der Waals surface area contributed by atoms with Crippen molar-refractivity contribution in [1.29, 1.82) is 0 Å². The van der Waals surface area contributed by atoms with Crippen LogP contribution < -0.4 is 10.9 Å². The summed E-state index contributed by atoms with van der Waals surface area (Å²) in [5.41, 5.74) is 0.315. The summed E-state index contributed by atoms with van der Waals surface area (Å²) in [5.74, 6) is 0. The number of aromatic nitrogens is 3. The van der Waals surface area contributed by atoms with Crippen molar-refractivity contribution in [2.75, 3.05) is 6.54 Å². The maximum Gasteiger partial charge on any atom is 0.276 e. The minimum atomic E-state index is -0.609. The normalized spacial score (nSPS) is 13.9. The van der Waals surface area contributed by atoms with Gasteiger partial charge in [-0.15, -0.1) is 0 Å². The van der Waals surface area contributed by atoms with E-state index in [1.54, 1.807) is 24.7 Å². The third kappa shape index (κ3) is 3.42. The Bertz CT molecular complexity index is 609.